The normalized spacial score (nSPS) is 11.5. The zero-order valence-electron chi connectivity index (χ0n) is 17.1. The molecule has 0 saturated carbocycles. The number of hydrogen-bond donors (Lipinski definition) is 0. The number of esters is 2. The van der Waals surface area contributed by atoms with E-state index in [1.54, 1.807) is 13.8 Å². The van der Waals surface area contributed by atoms with Crippen LogP contribution in [0.25, 0.3) is 11.0 Å². The van der Waals surface area contributed by atoms with E-state index in [1.807, 2.05) is 0 Å². The van der Waals surface area contributed by atoms with Crippen molar-refractivity contribution in [2.45, 2.75) is 20.0 Å². The Bertz CT molecular complexity index is 1230. The molecule has 168 valence electrons. The van der Waals surface area contributed by atoms with Gasteiger partial charge in [-0.2, -0.15) is 13.2 Å². The molecule has 0 N–H and O–H groups in total. The van der Waals surface area contributed by atoms with Gasteiger partial charge < -0.3 is 18.6 Å². The average Bonchev–Trinajstić information content (AvgIpc) is 2.74. The lowest BCUT2D eigenvalue weighted by Crippen LogP contribution is -2.16. The Morgan fingerprint density at radius 1 is 1.00 bits per heavy atom. The van der Waals surface area contributed by atoms with Crippen LogP contribution in [0.1, 0.15) is 30.0 Å². The molecule has 0 atom stereocenters. The Kier molecular flexibility index (Phi) is 6.24. The second-order valence-corrected chi connectivity index (χ2v) is 6.94. The number of benzene rings is 2. The van der Waals surface area contributed by atoms with Gasteiger partial charge in [0.25, 0.3) is 5.76 Å². The highest BCUT2D eigenvalue weighted by Crippen LogP contribution is 2.38. The molecule has 0 saturated heterocycles. The Labute approximate surface area is 179 Å². The Morgan fingerprint density at radius 3 is 2.19 bits per heavy atom. The molecule has 0 spiro atoms. The van der Waals surface area contributed by atoms with Crippen LogP contribution in [-0.4, -0.2) is 19.0 Å². The smallest absolute Gasteiger partial charge is 0.453 e. The van der Waals surface area contributed by atoms with Crippen molar-refractivity contribution in [3.8, 4) is 17.2 Å². The fourth-order valence-electron chi connectivity index (χ4n) is 2.63. The summed E-state index contributed by atoms with van der Waals surface area (Å²) < 4.78 is 60.7. The highest BCUT2D eigenvalue weighted by Gasteiger charge is 2.40. The molecule has 0 aliphatic heterocycles. The molecule has 0 aliphatic rings. The molecule has 7 nitrogen and oxygen atoms in total. The van der Waals surface area contributed by atoms with Crippen LogP contribution in [0.2, 0.25) is 0 Å². The van der Waals surface area contributed by atoms with Gasteiger partial charge in [0.05, 0.1) is 24.0 Å². The first-order chi connectivity index (χ1) is 15.0. The van der Waals surface area contributed by atoms with E-state index in [0.29, 0.717) is 0 Å². The number of ether oxygens (including phenoxy) is 3. The van der Waals surface area contributed by atoms with Crippen LogP contribution in [0.3, 0.4) is 0 Å². The van der Waals surface area contributed by atoms with Crippen molar-refractivity contribution in [1.82, 2.24) is 0 Å². The van der Waals surface area contributed by atoms with Crippen LogP contribution in [0, 0.1) is 5.92 Å². The van der Waals surface area contributed by atoms with Gasteiger partial charge in [-0.15, -0.1) is 0 Å². The molecule has 32 heavy (non-hydrogen) atoms. The van der Waals surface area contributed by atoms with E-state index in [1.165, 1.54) is 43.5 Å². The van der Waals surface area contributed by atoms with Crippen LogP contribution < -0.4 is 14.9 Å². The first-order valence-corrected chi connectivity index (χ1v) is 9.27. The molecule has 1 heterocycles. The van der Waals surface area contributed by atoms with Gasteiger partial charge in [-0.25, -0.2) is 4.79 Å². The number of carbonyl (C=O) groups excluding carboxylic acids is 2. The molecule has 3 rings (SSSR count). The predicted molar refractivity (Wildman–Crippen MR) is 106 cm³/mol. The average molecular weight is 450 g/mol. The fraction of sp³-hybridized carbons (Fsp3) is 0.227. The van der Waals surface area contributed by atoms with Crippen molar-refractivity contribution < 1.29 is 41.4 Å². The van der Waals surface area contributed by atoms with Crippen molar-refractivity contribution in [2.75, 3.05) is 7.11 Å². The van der Waals surface area contributed by atoms with Crippen molar-refractivity contribution >= 4 is 22.9 Å². The van der Waals surface area contributed by atoms with Gasteiger partial charge in [0.2, 0.25) is 11.2 Å². The summed E-state index contributed by atoms with van der Waals surface area (Å²) in [7, 11) is 1.18. The van der Waals surface area contributed by atoms with E-state index in [9.17, 15) is 27.6 Å². The molecule has 0 unspecified atom stereocenters. The highest BCUT2D eigenvalue weighted by atomic mass is 19.4. The van der Waals surface area contributed by atoms with E-state index in [2.05, 4.69) is 4.74 Å². The molecule has 0 amide bonds. The van der Waals surface area contributed by atoms with Crippen LogP contribution in [0.4, 0.5) is 13.2 Å². The molecule has 2 aromatic carbocycles. The lowest BCUT2D eigenvalue weighted by molar-refractivity contribution is -0.154. The Balaban J connectivity index is 2.07. The number of methoxy groups -OCH3 is 1. The quantitative estimate of drug-likeness (QED) is 0.401. The highest BCUT2D eigenvalue weighted by molar-refractivity contribution is 5.89. The predicted octanol–water partition coefficient (Wildman–Crippen LogP) is 4.95. The summed E-state index contributed by atoms with van der Waals surface area (Å²) in [6.45, 7) is 3.18. The topological polar surface area (TPSA) is 92.0 Å². The van der Waals surface area contributed by atoms with Gasteiger partial charge in [0.15, 0.2) is 0 Å². The first-order valence-electron chi connectivity index (χ1n) is 9.27. The minimum absolute atomic E-state index is 0.0699. The largest absolute Gasteiger partial charge is 0.465 e. The van der Waals surface area contributed by atoms with Gasteiger partial charge in [0, 0.05) is 6.07 Å². The van der Waals surface area contributed by atoms with E-state index in [0.717, 1.165) is 6.07 Å². The van der Waals surface area contributed by atoms with Gasteiger partial charge in [-0.05, 0) is 36.4 Å². The van der Waals surface area contributed by atoms with Crippen molar-refractivity contribution in [2.24, 2.45) is 5.92 Å². The second-order valence-electron chi connectivity index (χ2n) is 6.94. The Hall–Kier alpha value is -3.82. The lowest BCUT2D eigenvalue weighted by atomic mass is 10.2. The standard InChI is InChI=1S/C22H17F3O7/c1-11(2)20(27)31-14-8-9-15-16(10-14)32-19(22(23,24)25)18(17(15)26)30-13-6-4-12(5-7-13)21(28)29-3/h4-11H,1-3H3. The first kappa shape index (κ1) is 22.9. The van der Waals surface area contributed by atoms with E-state index in [-0.39, 0.29) is 22.4 Å². The number of carbonyl (C=O) groups is 2. The summed E-state index contributed by atoms with van der Waals surface area (Å²) in [5, 5.41) is -0.205. The van der Waals surface area contributed by atoms with Crippen LogP contribution in [0.5, 0.6) is 17.2 Å². The number of fused-ring (bicyclic) bond motifs is 1. The van der Waals surface area contributed by atoms with E-state index in [4.69, 9.17) is 13.9 Å². The van der Waals surface area contributed by atoms with Crippen LogP contribution >= 0.6 is 0 Å². The van der Waals surface area contributed by atoms with E-state index >= 15 is 0 Å². The number of hydrogen-bond acceptors (Lipinski definition) is 7. The van der Waals surface area contributed by atoms with Crippen molar-refractivity contribution in [3.05, 3.63) is 64.0 Å². The van der Waals surface area contributed by atoms with Gasteiger partial charge in [0.1, 0.15) is 17.1 Å². The minimum Gasteiger partial charge on any atom is -0.465 e. The van der Waals surface area contributed by atoms with Gasteiger partial charge in [-0.3, -0.25) is 9.59 Å². The monoisotopic (exact) mass is 450 g/mol. The molecule has 10 heteroatoms. The van der Waals surface area contributed by atoms with Crippen molar-refractivity contribution in [1.29, 1.82) is 0 Å². The summed E-state index contributed by atoms with van der Waals surface area (Å²) in [6, 6.07) is 8.44. The van der Waals surface area contributed by atoms with Crippen LogP contribution in [-0.2, 0) is 15.7 Å². The Morgan fingerprint density at radius 2 is 1.62 bits per heavy atom. The molecular formula is C22H17F3O7. The summed E-state index contributed by atoms with van der Waals surface area (Å²) >= 11 is 0. The van der Waals surface area contributed by atoms with Crippen LogP contribution in [0.15, 0.2) is 51.7 Å². The zero-order chi connectivity index (χ0) is 23.6. The SMILES string of the molecule is COC(=O)c1ccc(Oc2c(C(F)(F)F)oc3cc(OC(=O)C(C)C)ccc3c2=O)cc1. The third-order valence-electron chi connectivity index (χ3n) is 4.26. The molecule has 0 fully saturated rings. The molecule has 3 aromatic rings. The number of rotatable bonds is 5. The molecule has 0 bridgehead atoms. The summed E-state index contributed by atoms with van der Waals surface area (Å²) in [4.78, 5) is 36.0. The third-order valence-corrected chi connectivity index (χ3v) is 4.26. The maximum absolute atomic E-state index is 13.6. The fourth-order valence-corrected chi connectivity index (χ4v) is 2.63. The zero-order valence-corrected chi connectivity index (χ0v) is 17.1. The third kappa shape index (κ3) is 4.74. The summed E-state index contributed by atoms with van der Waals surface area (Å²) in [6.07, 6.45) is -5.06. The molecule has 1 aromatic heterocycles. The maximum Gasteiger partial charge on any atom is 0.453 e. The molecule has 0 aliphatic carbocycles. The summed E-state index contributed by atoms with van der Waals surface area (Å²) in [5.41, 5.74) is -1.35. The lowest BCUT2D eigenvalue weighted by Gasteiger charge is -2.14. The van der Waals surface area contributed by atoms with Crippen molar-refractivity contribution in [3.63, 3.8) is 0 Å². The van der Waals surface area contributed by atoms with E-state index < -0.39 is 46.6 Å². The van der Waals surface area contributed by atoms with Gasteiger partial charge >= 0.3 is 18.1 Å². The van der Waals surface area contributed by atoms with Gasteiger partial charge in [-0.1, -0.05) is 13.8 Å². The second kappa shape index (κ2) is 8.74. The molecule has 0 radical (unpaired) electrons. The maximum atomic E-state index is 13.6. The minimum atomic E-state index is -5.06. The molecular weight excluding hydrogens is 433 g/mol. The number of alkyl halides is 3. The summed E-state index contributed by atoms with van der Waals surface area (Å²) in [5.74, 6) is -4.63. The number of halogens is 3.